The predicted octanol–water partition coefficient (Wildman–Crippen LogP) is 2.87. The zero-order valence-corrected chi connectivity index (χ0v) is 11.5. The summed E-state index contributed by atoms with van der Waals surface area (Å²) in [5.74, 6) is 0.280. The van der Waals surface area contributed by atoms with Crippen molar-refractivity contribution in [1.82, 2.24) is 9.97 Å². The molecule has 0 fully saturated rings. The third kappa shape index (κ3) is 2.90. The van der Waals surface area contributed by atoms with E-state index in [4.69, 9.17) is 0 Å². The fourth-order valence-electron chi connectivity index (χ4n) is 2.03. The highest BCUT2D eigenvalue weighted by atomic mass is 16.6. The van der Waals surface area contributed by atoms with Crippen molar-refractivity contribution in [3.8, 4) is 0 Å². The van der Waals surface area contributed by atoms with Crippen molar-refractivity contribution >= 4 is 11.5 Å². The summed E-state index contributed by atoms with van der Waals surface area (Å²) in [5.41, 5.74) is 2.61. The van der Waals surface area contributed by atoms with Gasteiger partial charge in [-0.2, -0.15) is 0 Å². The predicted molar refractivity (Wildman–Crippen MR) is 76.6 cm³/mol. The molecule has 0 aliphatic rings. The molecule has 0 spiro atoms. The van der Waals surface area contributed by atoms with Crippen LogP contribution in [0, 0.1) is 17.0 Å². The lowest BCUT2D eigenvalue weighted by Gasteiger charge is -2.09. The first kappa shape index (κ1) is 13.9. The van der Waals surface area contributed by atoms with Gasteiger partial charge in [-0.25, -0.2) is 4.98 Å². The monoisotopic (exact) mass is 272 g/mol. The average molecular weight is 272 g/mol. The van der Waals surface area contributed by atoms with E-state index >= 15 is 0 Å². The Morgan fingerprint density at radius 3 is 2.80 bits per heavy atom. The van der Waals surface area contributed by atoms with Gasteiger partial charge in [0.25, 0.3) is 0 Å². The van der Waals surface area contributed by atoms with Gasteiger partial charge in [-0.15, -0.1) is 0 Å². The Morgan fingerprint density at radius 1 is 1.30 bits per heavy atom. The summed E-state index contributed by atoms with van der Waals surface area (Å²) in [6.07, 6.45) is 4.15. The second-order valence-electron chi connectivity index (χ2n) is 4.40. The largest absolute Gasteiger partial charge is 0.359 e. The van der Waals surface area contributed by atoms with Gasteiger partial charge in [-0.3, -0.25) is 15.1 Å². The molecular weight excluding hydrogens is 256 g/mol. The molecule has 2 heterocycles. The van der Waals surface area contributed by atoms with Crippen LogP contribution in [0.25, 0.3) is 0 Å². The first-order chi connectivity index (χ1) is 9.63. The van der Waals surface area contributed by atoms with Gasteiger partial charge in [0.2, 0.25) is 5.82 Å². The molecule has 104 valence electrons. The van der Waals surface area contributed by atoms with E-state index in [2.05, 4.69) is 15.3 Å². The lowest BCUT2D eigenvalue weighted by atomic mass is 10.1. The van der Waals surface area contributed by atoms with E-state index in [-0.39, 0.29) is 11.5 Å². The Hall–Kier alpha value is -2.50. The number of aryl methyl sites for hydroxylation is 2. The summed E-state index contributed by atoms with van der Waals surface area (Å²) in [4.78, 5) is 19.0. The maximum absolute atomic E-state index is 11.1. The minimum atomic E-state index is -0.413. The SMILES string of the molecule is CCc1cccnc1CNc1nccc(C)c1[N+](=O)[O-]. The van der Waals surface area contributed by atoms with Crippen molar-refractivity contribution in [1.29, 1.82) is 0 Å². The molecule has 0 atom stereocenters. The molecule has 1 N–H and O–H groups in total. The molecule has 0 unspecified atom stereocenters. The average Bonchev–Trinajstić information content (AvgIpc) is 2.45. The molecule has 2 rings (SSSR count). The molecule has 6 heteroatoms. The number of nitrogens with zero attached hydrogens (tertiary/aromatic N) is 3. The molecule has 0 aliphatic carbocycles. The number of nitro groups is 1. The van der Waals surface area contributed by atoms with Crippen molar-refractivity contribution in [3.05, 3.63) is 57.5 Å². The summed E-state index contributed by atoms with van der Waals surface area (Å²) in [5, 5.41) is 14.1. The summed E-state index contributed by atoms with van der Waals surface area (Å²) in [6, 6.07) is 5.51. The van der Waals surface area contributed by atoms with Crippen molar-refractivity contribution in [3.63, 3.8) is 0 Å². The van der Waals surface area contributed by atoms with E-state index < -0.39 is 4.92 Å². The number of pyridine rings is 2. The van der Waals surface area contributed by atoms with Crippen LogP contribution in [0.15, 0.2) is 30.6 Å². The number of nitrogens with one attached hydrogen (secondary N) is 1. The van der Waals surface area contributed by atoms with Crippen LogP contribution in [0.3, 0.4) is 0 Å². The van der Waals surface area contributed by atoms with E-state index in [1.807, 2.05) is 19.1 Å². The van der Waals surface area contributed by atoms with Crippen LogP contribution in [-0.4, -0.2) is 14.9 Å². The smallest absolute Gasteiger partial charge is 0.314 e. The van der Waals surface area contributed by atoms with Crippen molar-refractivity contribution in [2.75, 3.05) is 5.32 Å². The van der Waals surface area contributed by atoms with Crippen LogP contribution in [0.2, 0.25) is 0 Å². The molecular formula is C14H16N4O2. The minimum absolute atomic E-state index is 0.0153. The van der Waals surface area contributed by atoms with Crippen LogP contribution in [0.5, 0.6) is 0 Å². The fourth-order valence-corrected chi connectivity index (χ4v) is 2.03. The highest BCUT2D eigenvalue weighted by Crippen LogP contribution is 2.25. The van der Waals surface area contributed by atoms with Gasteiger partial charge in [0, 0.05) is 18.0 Å². The normalized spacial score (nSPS) is 10.3. The first-order valence-electron chi connectivity index (χ1n) is 6.40. The maximum Gasteiger partial charge on any atom is 0.314 e. The molecule has 0 bridgehead atoms. The fraction of sp³-hybridized carbons (Fsp3) is 0.286. The molecule has 0 amide bonds. The molecule has 2 aromatic rings. The highest BCUT2D eigenvalue weighted by molar-refractivity contribution is 5.59. The number of aromatic nitrogens is 2. The third-order valence-electron chi connectivity index (χ3n) is 3.10. The van der Waals surface area contributed by atoms with Gasteiger partial charge < -0.3 is 5.32 Å². The molecule has 2 aromatic heterocycles. The lowest BCUT2D eigenvalue weighted by molar-refractivity contribution is -0.384. The van der Waals surface area contributed by atoms with Crippen molar-refractivity contribution < 1.29 is 4.92 Å². The minimum Gasteiger partial charge on any atom is -0.359 e. The lowest BCUT2D eigenvalue weighted by Crippen LogP contribution is -2.08. The van der Waals surface area contributed by atoms with Gasteiger partial charge in [-0.1, -0.05) is 13.0 Å². The van der Waals surface area contributed by atoms with Gasteiger partial charge in [0.15, 0.2) is 0 Å². The first-order valence-corrected chi connectivity index (χ1v) is 6.40. The Labute approximate surface area is 117 Å². The zero-order chi connectivity index (χ0) is 14.5. The Kier molecular flexibility index (Phi) is 4.24. The van der Waals surface area contributed by atoms with E-state index in [9.17, 15) is 10.1 Å². The molecule has 20 heavy (non-hydrogen) atoms. The van der Waals surface area contributed by atoms with Crippen LogP contribution in [0.4, 0.5) is 11.5 Å². The van der Waals surface area contributed by atoms with Crippen molar-refractivity contribution in [2.24, 2.45) is 0 Å². The summed E-state index contributed by atoms with van der Waals surface area (Å²) in [7, 11) is 0. The number of hydrogen-bond acceptors (Lipinski definition) is 5. The Bertz CT molecular complexity index is 628. The molecule has 0 saturated heterocycles. The number of rotatable bonds is 5. The van der Waals surface area contributed by atoms with Gasteiger partial charge in [-0.05, 0) is 31.0 Å². The molecule has 0 saturated carbocycles. The van der Waals surface area contributed by atoms with Crippen LogP contribution >= 0.6 is 0 Å². The summed E-state index contributed by atoms with van der Waals surface area (Å²) in [6.45, 7) is 4.17. The van der Waals surface area contributed by atoms with E-state index in [0.29, 0.717) is 12.1 Å². The summed E-state index contributed by atoms with van der Waals surface area (Å²) < 4.78 is 0. The van der Waals surface area contributed by atoms with Crippen LogP contribution in [0.1, 0.15) is 23.7 Å². The van der Waals surface area contributed by atoms with Crippen LogP contribution in [-0.2, 0) is 13.0 Å². The molecule has 6 nitrogen and oxygen atoms in total. The van der Waals surface area contributed by atoms with E-state index in [0.717, 1.165) is 17.7 Å². The second-order valence-corrected chi connectivity index (χ2v) is 4.40. The van der Waals surface area contributed by atoms with Crippen molar-refractivity contribution in [2.45, 2.75) is 26.8 Å². The number of anilines is 1. The highest BCUT2D eigenvalue weighted by Gasteiger charge is 2.18. The molecule has 0 aliphatic heterocycles. The number of hydrogen-bond donors (Lipinski definition) is 1. The zero-order valence-electron chi connectivity index (χ0n) is 11.5. The maximum atomic E-state index is 11.1. The quantitative estimate of drug-likeness (QED) is 0.668. The standard InChI is InChI=1S/C14H16N4O2/c1-3-11-5-4-7-15-12(11)9-17-14-13(18(19)20)10(2)6-8-16-14/h4-8H,3,9H2,1-2H3,(H,16,17). The summed E-state index contributed by atoms with van der Waals surface area (Å²) >= 11 is 0. The molecule has 0 radical (unpaired) electrons. The second kappa shape index (κ2) is 6.10. The van der Waals surface area contributed by atoms with E-state index in [1.54, 1.807) is 25.4 Å². The van der Waals surface area contributed by atoms with Crippen LogP contribution < -0.4 is 5.32 Å². The third-order valence-corrected chi connectivity index (χ3v) is 3.10. The van der Waals surface area contributed by atoms with Gasteiger partial charge in [0.1, 0.15) is 0 Å². The van der Waals surface area contributed by atoms with E-state index in [1.165, 1.54) is 0 Å². The van der Waals surface area contributed by atoms with Gasteiger partial charge >= 0.3 is 5.69 Å². The molecule has 0 aromatic carbocycles. The topological polar surface area (TPSA) is 81.0 Å². The Morgan fingerprint density at radius 2 is 2.10 bits per heavy atom. The van der Waals surface area contributed by atoms with Gasteiger partial charge in [0.05, 0.1) is 17.2 Å². The Balaban J connectivity index is 2.23.